The first-order chi connectivity index (χ1) is 8.49. The number of pyridine rings is 1. The highest BCUT2D eigenvalue weighted by atomic mass is 16.2. The molecular formula is C12H14N4O2. The van der Waals surface area contributed by atoms with Gasteiger partial charge in [-0.05, 0) is 19.9 Å². The first-order valence-electron chi connectivity index (χ1n) is 5.50. The molecule has 0 aliphatic rings. The second kappa shape index (κ2) is 4.48. The van der Waals surface area contributed by atoms with Crippen LogP contribution in [0.3, 0.4) is 0 Å². The highest BCUT2D eigenvalue weighted by Gasteiger charge is 2.13. The van der Waals surface area contributed by atoms with E-state index in [0.717, 1.165) is 11.4 Å². The standard InChI is InChI=1S/C12H14N4O2/c1-7-11(8(2)16(3)15-7)14-12(18)9-5-4-6-10(17)13-9/h4-6H,1-3H3,(H,13,17)(H,14,18). The van der Waals surface area contributed by atoms with Gasteiger partial charge >= 0.3 is 0 Å². The predicted molar refractivity (Wildman–Crippen MR) is 67.7 cm³/mol. The van der Waals surface area contributed by atoms with Crippen molar-refractivity contribution in [2.45, 2.75) is 13.8 Å². The molecule has 2 aromatic rings. The number of carbonyl (C=O) groups excluding carboxylic acids is 1. The van der Waals surface area contributed by atoms with Crippen molar-refractivity contribution in [3.63, 3.8) is 0 Å². The maximum absolute atomic E-state index is 12.0. The van der Waals surface area contributed by atoms with Gasteiger partial charge in [0.2, 0.25) is 5.56 Å². The van der Waals surface area contributed by atoms with Crippen molar-refractivity contribution in [1.82, 2.24) is 14.8 Å². The van der Waals surface area contributed by atoms with E-state index in [1.54, 1.807) is 10.7 Å². The average Bonchev–Trinajstić information content (AvgIpc) is 2.56. The summed E-state index contributed by atoms with van der Waals surface area (Å²) in [5.41, 5.74) is 2.19. The van der Waals surface area contributed by atoms with Crippen LogP contribution in [0.1, 0.15) is 21.9 Å². The molecule has 1 amide bonds. The lowest BCUT2D eigenvalue weighted by Crippen LogP contribution is -2.18. The molecule has 0 unspecified atom stereocenters. The van der Waals surface area contributed by atoms with E-state index >= 15 is 0 Å². The van der Waals surface area contributed by atoms with Gasteiger partial charge in [0.25, 0.3) is 5.91 Å². The molecule has 0 saturated heterocycles. The maximum atomic E-state index is 12.0. The number of carbonyl (C=O) groups is 1. The number of amides is 1. The minimum absolute atomic E-state index is 0.227. The van der Waals surface area contributed by atoms with Gasteiger partial charge in [-0.2, -0.15) is 5.10 Å². The van der Waals surface area contributed by atoms with Crippen molar-refractivity contribution in [1.29, 1.82) is 0 Å². The number of H-pyrrole nitrogens is 1. The molecule has 0 radical (unpaired) electrons. The molecule has 2 rings (SSSR count). The minimum Gasteiger partial charge on any atom is -0.318 e. The highest BCUT2D eigenvalue weighted by molar-refractivity contribution is 6.03. The van der Waals surface area contributed by atoms with Crippen LogP contribution in [-0.2, 0) is 7.05 Å². The summed E-state index contributed by atoms with van der Waals surface area (Å²) in [6, 6.07) is 4.45. The number of rotatable bonds is 2. The molecular weight excluding hydrogens is 232 g/mol. The van der Waals surface area contributed by atoms with E-state index in [4.69, 9.17) is 0 Å². The van der Waals surface area contributed by atoms with Crippen molar-refractivity contribution >= 4 is 11.6 Å². The number of nitrogens with one attached hydrogen (secondary N) is 2. The third-order valence-corrected chi connectivity index (χ3v) is 2.76. The Morgan fingerprint density at radius 2 is 2.11 bits per heavy atom. The summed E-state index contributed by atoms with van der Waals surface area (Å²) in [4.78, 5) is 25.6. The number of aromatic amines is 1. The zero-order chi connectivity index (χ0) is 13.3. The molecule has 2 N–H and O–H groups in total. The first-order valence-corrected chi connectivity index (χ1v) is 5.50. The van der Waals surface area contributed by atoms with E-state index in [0.29, 0.717) is 5.69 Å². The van der Waals surface area contributed by atoms with Gasteiger partial charge in [-0.3, -0.25) is 14.3 Å². The van der Waals surface area contributed by atoms with E-state index in [2.05, 4.69) is 15.4 Å². The molecule has 2 aromatic heterocycles. The maximum Gasteiger partial charge on any atom is 0.272 e. The molecule has 0 bridgehead atoms. The Balaban J connectivity index is 2.29. The Labute approximate surface area is 104 Å². The summed E-state index contributed by atoms with van der Waals surface area (Å²) in [6.45, 7) is 3.68. The first kappa shape index (κ1) is 12.1. The summed E-state index contributed by atoms with van der Waals surface area (Å²) >= 11 is 0. The zero-order valence-corrected chi connectivity index (χ0v) is 10.4. The monoisotopic (exact) mass is 246 g/mol. The molecule has 0 aliphatic heterocycles. The lowest BCUT2D eigenvalue weighted by Gasteiger charge is -2.05. The summed E-state index contributed by atoms with van der Waals surface area (Å²) in [6.07, 6.45) is 0. The summed E-state index contributed by atoms with van der Waals surface area (Å²) in [7, 11) is 1.81. The molecule has 0 fully saturated rings. The van der Waals surface area contributed by atoms with Crippen LogP contribution < -0.4 is 10.9 Å². The fourth-order valence-electron chi connectivity index (χ4n) is 1.72. The third-order valence-electron chi connectivity index (χ3n) is 2.76. The van der Waals surface area contributed by atoms with Gasteiger partial charge in [0.05, 0.1) is 17.1 Å². The Morgan fingerprint density at radius 1 is 1.39 bits per heavy atom. The Morgan fingerprint density at radius 3 is 2.67 bits per heavy atom. The van der Waals surface area contributed by atoms with Crippen LogP contribution in [0.4, 0.5) is 5.69 Å². The SMILES string of the molecule is Cc1nn(C)c(C)c1NC(=O)c1cccc(=O)[nH]1. The number of nitrogens with zero attached hydrogens (tertiary/aromatic N) is 2. The summed E-state index contributed by atoms with van der Waals surface area (Å²) < 4.78 is 1.69. The molecule has 94 valence electrons. The van der Waals surface area contributed by atoms with Gasteiger partial charge < -0.3 is 10.3 Å². The molecule has 0 atom stereocenters. The number of hydrogen-bond acceptors (Lipinski definition) is 3. The van der Waals surface area contributed by atoms with Crippen LogP contribution in [0.25, 0.3) is 0 Å². The van der Waals surface area contributed by atoms with Gasteiger partial charge in [0.15, 0.2) is 0 Å². The molecule has 18 heavy (non-hydrogen) atoms. The van der Waals surface area contributed by atoms with Crippen molar-refractivity contribution in [3.8, 4) is 0 Å². The van der Waals surface area contributed by atoms with E-state index in [1.165, 1.54) is 12.1 Å². The highest BCUT2D eigenvalue weighted by Crippen LogP contribution is 2.18. The van der Waals surface area contributed by atoms with Crippen LogP contribution in [0.15, 0.2) is 23.0 Å². The quantitative estimate of drug-likeness (QED) is 0.828. The Hall–Kier alpha value is -2.37. The molecule has 6 nitrogen and oxygen atoms in total. The predicted octanol–water partition coefficient (Wildman–Crippen LogP) is 0.978. The van der Waals surface area contributed by atoms with Gasteiger partial charge in [-0.15, -0.1) is 0 Å². The van der Waals surface area contributed by atoms with Crippen LogP contribution in [0, 0.1) is 13.8 Å². The van der Waals surface area contributed by atoms with E-state index in [-0.39, 0.29) is 17.2 Å². The second-order valence-corrected chi connectivity index (χ2v) is 4.05. The van der Waals surface area contributed by atoms with Crippen molar-refractivity contribution < 1.29 is 4.79 Å². The molecule has 2 heterocycles. The smallest absolute Gasteiger partial charge is 0.272 e. The number of aryl methyl sites for hydroxylation is 2. The Kier molecular flexibility index (Phi) is 3.01. The lowest BCUT2D eigenvalue weighted by atomic mass is 10.3. The van der Waals surface area contributed by atoms with E-state index < -0.39 is 0 Å². The normalized spacial score (nSPS) is 10.4. The molecule has 0 aromatic carbocycles. The van der Waals surface area contributed by atoms with Crippen molar-refractivity contribution in [3.05, 3.63) is 45.6 Å². The average molecular weight is 246 g/mol. The second-order valence-electron chi connectivity index (χ2n) is 4.05. The molecule has 6 heteroatoms. The summed E-state index contributed by atoms with van der Waals surface area (Å²) in [5, 5.41) is 6.96. The van der Waals surface area contributed by atoms with Gasteiger partial charge in [-0.25, -0.2) is 0 Å². The van der Waals surface area contributed by atoms with Crippen molar-refractivity contribution in [2.75, 3.05) is 5.32 Å². The van der Waals surface area contributed by atoms with Crippen LogP contribution in [0.2, 0.25) is 0 Å². The molecule has 0 spiro atoms. The fourth-order valence-corrected chi connectivity index (χ4v) is 1.72. The van der Waals surface area contributed by atoms with Crippen LogP contribution >= 0.6 is 0 Å². The zero-order valence-electron chi connectivity index (χ0n) is 10.4. The van der Waals surface area contributed by atoms with E-state index in [9.17, 15) is 9.59 Å². The van der Waals surface area contributed by atoms with Crippen molar-refractivity contribution in [2.24, 2.45) is 7.05 Å². The minimum atomic E-state index is -0.355. The number of aromatic nitrogens is 3. The number of hydrogen-bond donors (Lipinski definition) is 2. The van der Waals surface area contributed by atoms with E-state index in [1.807, 2.05) is 20.9 Å². The topological polar surface area (TPSA) is 79.8 Å². The fraction of sp³-hybridized carbons (Fsp3) is 0.250. The Bertz CT molecular complexity index is 654. The summed E-state index contributed by atoms with van der Waals surface area (Å²) in [5.74, 6) is -0.355. The third kappa shape index (κ3) is 2.17. The molecule has 0 aliphatic carbocycles. The lowest BCUT2D eigenvalue weighted by molar-refractivity contribution is 0.102. The van der Waals surface area contributed by atoms with Gasteiger partial charge in [-0.1, -0.05) is 6.07 Å². The van der Waals surface area contributed by atoms with Gasteiger partial charge in [0, 0.05) is 13.1 Å². The van der Waals surface area contributed by atoms with Crippen LogP contribution in [-0.4, -0.2) is 20.7 Å². The molecule has 0 saturated carbocycles. The van der Waals surface area contributed by atoms with Crippen LogP contribution in [0.5, 0.6) is 0 Å². The largest absolute Gasteiger partial charge is 0.318 e. The van der Waals surface area contributed by atoms with Gasteiger partial charge in [0.1, 0.15) is 5.69 Å². The number of anilines is 1.